The molecule has 0 saturated carbocycles. The van der Waals surface area contributed by atoms with Gasteiger partial charge in [0.25, 0.3) is 0 Å². The van der Waals surface area contributed by atoms with Crippen LogP contribution in [0.5, 0.6) is 0 Å². The quantitative estimate of drug-likeness (QED) is 0.676. The van der Waals surface area contributed by atoms with Crippen LogP contribution in [0.2, 0.25) is 0 Å². The predicted octanol–water partition coefficient (Wildman–Crippen LogP) is 1.53. The topological polar surface area (TPSA) is 20.3 Å². The van der Waals surface area contributed by atoms with Gasteiger partial charge in [0, 0.05) is 0 Å². The molecule has 2 aliphatic heterocycles. The molecule has 2 aromatic rings. The fraction of sp³-hybridized carbons (Fsp3) is 0.133. The van der Waals surface area contributed by atoms with Crippen molar-refractivity contribution in [3.05, 3.63) is 65.2 Å². The first-order chi connectivity index (χ1) is 8.86. The molecule has 1 atom stereocenters. The van der Waals surface area contributed by atoms with Gasteiger partial charge in [0.2, 0.25) is 0 Å². The van der Waals surface area contributed by atoms with E-state index in [-0.39, 0.29) is 11.9 Å². The number of nitrogens with zero attached hydrogens (tertiary/aromatic N) is 1. The summed E-state index contributed by atoms with van der Waals surface area (Å²) in [4.78, 5) is 14.4. The van der Waals surface area contributed by atoms with Crippen LogP contribution in [-0.2, 0) is 0 Å². The first-order valence-electron chi connectivity index (χ1n) is 5.98. The van der Waals surface area contributed by atoms with Crippen molar-refractivity contribution in [1.82, 2.24) is 4.90 Å². The maximum atomic E-state index is 12.4. The predicted molar refractivity (Wildman–Crippen MR) is 71.2 cm³/mol. The number of hydrogen-bond acceptors (Lipinski definition) is 1. The van der Waals surface area contributed by atoms with E-state index in [0.29, 0.717) is 15.0 Å². The summed E-state index contributed by atoms with van der Waals surface area (Å²) >= 11 is 0.380. The Morgan fingerprint density at radius 1 is 1.00 bits per heavy atom. The second-order valence-corrected chi connectivity index (χ2v) is 6.65. The van der Waals surface area contributed by atoms with E-state index in [0.717, 1.165) is 11.0 Å². The Balaban J connectivity index is 1.97. The van der Waals surface area contributed by atoms with Gasteiger partial charge in [-0.05, 0) is 0 Å². The van der Waals surface area contributed by atoms with Gasteiger partial charge in [0.05, 0.1) is 0 Å². The molecule has 0 fully saturated rings. The average Bonchev–Trinajstić information content (AvgIpc) is 2.73. The van der Waals surface area contributed by atoms with Crippen LogP contribution >= 0.6 is 0 Å². The standard InChI is InChI=1S/C15H11NOSe/c17-15-11-6-2-1-5-10(11)14-12-7-3-4-8-13(12)18-9-16(14)15/h1-8,14H,9H2. The van der Waals surface area contributed by atoms with E-state index in [4.69, 9.17) is 0 Å². The minimum absolute atomic E-state index is 0.153. The number of carbonyl (C=O) groups excluding carboxylic acids is 1. The molecular weight excluding hydrogens is 289 g/mol. The van der Waals surface area contributed by atoms with Gasteiger partial charge in [-0.15, -0.1) is 0 Å². The van der Waals surface area contributed by atoms with Crippen molar-refractivity contribution in [2.24, 2.45) is 0 Å². The fourth-order valence-corrected chi connectivity index (χ4v) is 5.05. The molecule has 2 aromatic carbocycles. The first kappa shape index (κ1) is 10.4. The zero-order valence-corrected chi connectivity index (χ0v) is 11.4. The Bertz CT molecular complexity index is 652. The molecule has 2 aliphatic rings. The van der Waals surface area contributed by atoms with Crippen LogP contribution in [0, 0.1) is 0 Å². The molecule has 0 bridgehead atoms. The molecule has 0 N–H and O–H groups in total. The van der Waals surface area contributed by atoms with Crippen molar-refractivity contribution in [1.29, 1.82) is 0 Å². The van der Waals surface area contributed by atoms with Gasteiger partial charge in [-0.2, -0.15) is 0 Å². The summed E-state index contributed by atoms with van der Waals surface area (Å²) in [5.74, 6) is 0.201. The molecule has 0 aromatic heterocycles. The normalized spacial score (nSPS) is 20.3. The molecule has 0 saturated heterocycles. The Hall–Kier alpha value is -1.57. The molecule has 3 heteroatoms. The van der Waals surface area contributed by atoms with Crippen molar-refractivity contribution >= 4 is 25.3 Å². The zero-order chi connectivity index (χ0) is 12.1. The number of benzene rings is 2. The van der Waals surface area contributed by atoms with Crippen molar-refractivity contribution in [2.45, 2.75) is 6.04 Å². The third kappa shape index (κ3) is 1.26. The Kier molecular flexibility index (Phi) is 2.14. The summed E-state index contributed by atoms with van der Waals surface area (Å²) < 4.78 is 1.44. The van der Waals surface area contributed by atoms with E-state index in [1.54, 1.807) is 0 Å². The number of rotatable bonds is 0. The molecule has 0 spiro atoms. The third-order valence-corrected chi connectivity index (χ3v) is 5.92. The summed E-state index contributed by atoms with van der Waals surface area (Å²) in [5.41, 5.74) is 4.27. The molecule has 4 rings (SSSR count). The summed E-state index contributed by atoms with van der Waals surface area (Å²) in [5, 5.41) is 0. The van der Waals surface area contributed by atoms with Crippen molar-refractivity contribution < 1.29 is 4.79 Å². The number of fused-ring (bicyclic) bond motifs is 5. The van der Waals surface area contributed by atoms with Crippen LogP contribution < -0.4 is 4.46 Å². The Morgan fingerprint density at radius 2 is 1.72 bits per heavy atom. The first-order valence-corrected chi connectivity index (χ1v) is 8.04. The van der Waals surface area contributed by atoms with E-state index >= 15 is 0 Å². The Labute approximate surface area is 112 Å². The molecule has 88 valence electrons. The molecule has 0 aliphatic carbocycles. The zero-order valence-electron chi connectivity index (χ0n) is 9.67. The van der Waals surface area contributed by atoms with Crippen LogP contribution in [0.15, 0.2) is 48.5 Å². The number of carbonyl (C=O) groups is 1. The molecule has 2 nitrogen and oxygen atoms in total. The van der Waals surface area contributed by atoms with Gasteiger partial charge in [0.1, 0.15) is 0 Å². The van der Waals surface area contributed by atoms with Gasteiger partial charge < -0.3 is 0 Å². The van der Waals surface area contributed by atoms with Gasteiger partial charge in [0.15, 0.2) is 0 Å². The van der Waals surface area contributed by atoms with Crippen LogP contribution in [0.1, 0.15) is 27.5 Å². The van der Waals surface area contributed by atoms with E-state index in [1.807, 2.05) is 23.1 Å². The van der Waals surface area contributed by atoms with E-state index in [2.05, 4.69) is 30.3 Å². The van der Waals surface area contributed by atoms with Crippen molar-refractivity contribution in [3.8, 4) is 0 Å². The number of amides is 1. The molecule has 2 heterocycles. The van der Waals surface area contributed by atoms with Gasteiger partial charge >= 0.3 is 112 Å². The molecule has 0 radical (unpaired) electrons. The monoisotopic (exact) mass is 301 g/mol. The van der Waals surface area contributed by atoms with Gasteiger partial charge in [-0.1, -0.05) is 0 Å². The molecule has 1 amide bonds. The van der Waals surface area contributed by atoms with Crippen LogP contribution in [-0.4, -0.2) is 31.2 Å². The van der Waals surface area contributed by atoms with Crippen molar-refractivity contribution in [3.63, 3.8) is 0 Å². The van der Waals surface area contributed by atoms with Crippen LogP contribution in [0.3, 0.4) is 0 Å². The fourth-order valence-electron chi connectivity index (χ4n) is 2.82. The third-order valence-electron chi connectivity index (χ3n) is 3.63. The van der Waals surface area contributed by atoms with E-state index in [9.17, 15) is 4.79 Å². The summed E-state index contributed by atoms with van der Waals surface area (Å²) in [6.07, 6.45) is 0. The SMILES string of the molecule is O=C1c2ccccc2C2c3ccccc3[Se]CN12. The second kappa shape index (κ2) is 3.71. The molecular formula is C15H11NOSe. The minimum atomic E-state index is 0.153. The molecule has 18 heavy (non-hydrogen) atoms. The number of hydrogen-bond donors (Lipinski definition) is 0. The summed E-state index contributed by atoms with van der Waals surface area (Å²) in [7, 11) is 0. The van der Waals surface area contributed by atoms with Crippen LogP contribution in [0.4, 0.5) is 0 Å². The average molecular weight is 300 g/mol. The van der Waals surface area contributed by atoms with E-state index in [1.165, 1.54) is 15.6 Å². The summed E-state index contributed by atoms with van der Waals surface area (Å²) in [6.45, 7) is 0. The van der Waals surface area contributed by atoms with Crippen molar-refractivity contribution in [2.75, 3.05) is 5.44 Å². The van der Waals surface area contributed by atoms with Gasteiger partial charge in [-0.3, -0.25) is 0 Å². The Morgan fingerprint density at radius 3 is 2.61 bits per heavy atom. The molecule has 1 unspecified atom stereocenters. The van der Waals surface area contributed by atoms with Crippen LogP contribution in [0.25, 0.3) is 0 Å². The summed E-state index contributed by atoms with van der Waals surface area (Å²) in [6, 6.07) is 16.7. The maximum absolute atomic E-state index is 12.4. The van der Waals surface area contributed by atoms with E-state index < -0.39 is 0 Å². The van der Waals surface area contributed by atoms with Gasteiger partial charge in [-0.25, -0.2) is 0 Å². The second-order valence-electron chi connectivity index (χ2n) is 4.58.